The van der Waals surface area contributed by atoms with Gasteiger partial charge in [0.2, 0.25) is 11.8 Å². The van der Waals surface area contributed by atoms with Gasteiger partial charge < -0.3 is 20.4 Å². The Kier molecular flexibility index (Phi) is 13.9. The van der Waals surface area contributed by atoms with Crippen LogP contribution in [0.15, 0.2) is 109 Å². The van der Waals surface area contributed by atoms with Gasteiger partial charge in [-0.15, -0.1) is 0 Å². The van der Waals surface area contributed by atoms with Crippen molar-refractivity contribution in [2.75, 3.05) is 43.4 Å². The summed E-state index contributed by atoms with van der Waals surface area (Å²) in [5.41, 5.74) is 5.87. The molecule has 0 unspecified atom stereocenters. The second kappa shape index (κ2) is 18.3. The zero-order valence-corrected chi connectivity index (χ0v) is 29.0. The van der Waals surface area contributed by atoms with E-state index in [4.69, 9.17) is 0 Å². The van der Waals surface area contributed by atoms with Crippen LogP contribution in [0.5, 0.6) is 0 Å². The number of carbonyl (C=O) groups is 2. The van der Waals surface area contributed by atoms with Gasteiger partial charge in [-0.25, -0.2) is 0 Å². The Bertz CT molecular complexity index is 1370. The van der Waals surface area contributed by atoms with Crippen LogP contribution in [0.2, 0.25) is 0 Å². The van der Waals surface area contributed by atoms with Gasteiger partial charge in [0.1, 0.15) is 0 Å². The van der Waals surface area contributed by atoms with Crippen molar-refractivity contribution in [2.24, 2.45) is 0 Å². The normalized spacial score (nSPS) is 11.0. The van der Waals surface area contributed by atoms with E-state index >= 15 is 0 Å². The minimum Gasteiger partial charge on any atom is -0.356 e. The first kappa shape index (κ1) is 35.0. The van der Waals surface area contributed by atoms with Gasteiger partial charge in [-0.3, -0.25) is 9.59 Å². The van der Waals surface area contributed by atoms with Crippen molar-refractivity contribution in [3.05, 3.63) is 109 Å². The Morgan fingerprint density at radius 3 is 1.17 bits per heavy atom. The van der Waals surface area contributed by atoms with Crippen LogP contribution in [0, 0.1) is 0 Å². The molecular weight excluding hydrogens is 609 g/mol. The van der Waals surface area contributed by atoms with Crippen LogP contribution in [0.25, 0.3) is 0 Å². The highest BCUT2D eigenvalue weighted by atomic mass is 32.2. The summed E-state index contributed by atoms with van der Waals surface area (Å²) in [4.78, 5) is 30.1. The van der Waals surface area contributed by atoms with Crippen molar-refractivity contribution < 1.29 is 9.59 Å². The second-order valence-corrected chi connectivity index (χ2v) is 13.8. The van der Waals surface area contributed by atoms with E-state index in [9.17, 15) is 9.59 Å². The van der Waals surface area contributed by atoms with E-state index in [0.29, 0.717) is 11.5 Å². The summed E-state index contributed by atoms with van der Waals surface area (Å²) in [5, 5.41) is 6.78. The molecule has 0 aliphatic carbocycles. The van der Waals surface area contributed by atoms with Crippen LogP contribution in [-0.4, -0.2) is 46.9 Å². The predicted molar refractivity (Wildman–Crippen MR) is 201 cm³/mol. The fraction of sp³-hybridized carbons (Fsp3) is 0.316. The molecule has 2 amide bonds. The number of para-hydroxylation sites is 2. The average molecular weight is 655 g/mol. The molecule has 0 saturated carbocycles. The van der Waals surface area contributed by atoms with E-state index in [0.717, 1.165) is 58.5 Å². The lowest BCUT2D eigenvalue weighted by atomic mass is 10.2. The number of benzene rings is 4. The van der Waals surface area contributed by atoms with Crippen LogP contribution < -0.4 is 20.4 Å². The third-order valence-corrected chi connectivity index (χ3v) is 9.32. The maximum atomic E-state index is 13.1. The molecule has 0 radical (unpaired) electrons. The third-order valence-electron chi connectivity index (χ3n) is 7.26. The summed E-state index contributed by atoms with van der Waals surface area (Å²) in [6.07, 6.45) is 2.04. The Hall–Kier alpha value is -3.88. The summed E-state index contributed by atoms with van der Waals surface area (Å²) in [6.45, 7) is 8.21. The van der Waals surface area contributed by atoms with Crippen LogP contribution >= 0.6 is 23.5 Å². The summed E-state index contributed by atoms with van der Waals surface area (Å²) in [7, 11) is 0. The molecule has 46 heavy (non-hydrogen) atoms. The van der Waals surface area contributed by atoms with Crippen LogP contribution in [0.3, 0.4) is 0 Å². The Balaban J connectivity index is 1.14. The smallest absolute Gasteiger partial charge is 0.237 e. The number of amides is 2. The first-order chi connectivity index (χ1) is 22.3. The number of thioether (sulfide) groups is 2. The first-order valence-corrected chi connectivity index (χ1v) is 18.3. The van der Waals surface area contributed by atoms with E-state index in [1.807, 2.05) is 119 Å². The fourth-order valence-corrected chi connectivity index (χ4v) is 6.85. The molecule has 0 atom stereocenters. The SMILES string of the molecule is CC(C)N(C(=O)CSCCCCSCC(=O)N(c1ccc(Nc2ccccc2)cc1)C(C)C)c1ccc(Nc2ccccc2)cc1. The molecule has 0 fully saturated rings. The third kappa shape index (κ3) is 10.9. The molecule has 0 bridgehead atoms. The summed E-state index contributed by atoms with van der Waals surface area (Å²) < 4.78 is 0. The lowest BCUT2D eigenvalue weighted by molar-refractivity contribution is -0.117. The quantitative estimate of drug-likeness (QED) is 0.111. The van der Waals surface area contributed by atoms with Gasteiger partial charge in [0.05, 0.1) is 11.5 Å². The zero-order valence-electron chi connectivity index (χ0n) is 27.3. The molecule has 0 heterocycles. The van der Waals surface area contributed by atoms with E-state index in [-0.39, 0.29) is 23.9 Å². The molecule has 0 spiro atoms. The Labute approximate surface area is 283 Å². The van der Waals surface area contributed by atoms with Gasteiger partial charge in [0.25, 0.3) is 0 Å². The number of hydrogen-bond donors (Lipinski definition) is 2. The van der Waals surface area contributed by atoms with Crippen molar-refractivity contribution in [2.45, 2.75) is 52.6 Å². The molecule has 4 aromatic carbocycles. The summed E-state index contributed by atoms with van der Waals surface area (Å²) >= 11 is 3.37. The van der Waals surface area contributed by atoms with Crippen LogP contribution in [-0.2, 0) is 9.59 Å². The van der Waals surface area contributed by atoms with Gasteiger partial charge in [0.15, 0.2) is 0 Å². The van der Waals surface area contributed by atoms with Crippen molar-refractivity contribution in [3.63, 3.8) is 0 Å². The lowest BCUT2D eigenvalue weighted by Crippen LogP contribution is -2.38. The average Bonchev–Trinajstić information content (AvgIpc) is 3.05. The van der Waals surface area contributed by atoms with E-state index in [2.05, 4.69) is 38.3 Å². The highest BCUT2D eigenvalue weighted by Crippen LogP contribution is 2.25. The van der Waals surface area contributed by atoms with Crippen molar-refractivity contribution in [1.29, 1.82) is 0 Å². The number of anilines is 6. The first-order valence-electron chi connectivity index (χ1n) is 16.0. The molecular formula is C38H46N4O2S2. The van der Waals surface area contributed by atoms with Crippen LogP contribution in [0.4, 0.5) is 34.1 Å². The monoisotopic (exact) mass is 654 g/mol. The number of carbonyl (C=O) groups excluding carboxylic acids is 2. The lowest BCUT2D eigenvalue weighted by Gasteiger charge is -2.27. The molecule has 4 aromatic rings. The molecule has 4 rings (SSSR count). The Morgan fingerprint density at radius 2 is 0.848 bits per heavy atom. The van der Waals surface area contributed by atoms with E-state index < -0.39 is 0 Å². The number of unbranched alkanes of at least 4 members (excludes halogenated alkanes) is 1. The van der Waals surface area contributed by atoms with Gasteiger partial charge in [-0.2, -0.15) is 23.5 Å². The second-order valence-electron chi connectivity index (χ2n) is 11.6. The van der Waals surface area contributed by atoms with Gasteiger partial charge in [-0.05, 0) is 125 Å². The maximum absolute atomic E-state index is 13.1. The fourth-order valence-electron chi connectivity index (χ4n) is 5.11. The van der Waals surface area contributed by atoms with Gasteiger partial charge in [0, 0.05) is 46.2 Å². The highest BCUT2D eigenvalue weighted by molar-refractivity contribution is 8.00. The minimum absolute atomic E-state index is 0.0734. The van der Waals surface area contributed by atoms with Crippen LogP contribution in [0.1, 0.15) is 40.5 Å². The molecule has 2 N–H and O–H groups in total. The molecule has 0 aromatic heterocycles. The Morgan fingerprint density at radius 1 is 0.522 bits per heavy atom. The van der Waals surface area contributed by atoms with Gasteiger partial charge >= 0.3 is 0 Å². The topological polar surface area (TPSA) is 64.7 Å². The molecule has 242 valence electrons. The predicted octanol–water partition coefficient (Wildman–Crippen LogP) is 9.60. The van der Waals surface area contributed by atoms with E-state index in [1.165, 1.54) is 0 Å². The number of rotatable bonds is 17. The molecule has 0 saturated heterocycles. The zero-order chi connectivity index (χ0) is 32.7. The summed E-state index contributed by atoms with van der Waals surface area (Å²) in [6, 6.07) is 36.3. The van der Waals surface area contributed by atoms with Gasteiger partial charge in [-0.1, -0.05) is 36.4 Å². The molecule has 0 aliphatic rings. The van der Waals surface area contributed by atoms with Crippen molar-refractivity contribution in [1.82, 2.24) is 0 Å². The number of nitrogens with one attached hydrogen (secondary N) is 2. The summed E-state index contributed by atoms with van der Waals surface area (Å²) in [5.74, 6) is 3.01. The molecule has 8 heteroatoms. The standard InChI is InChI=1S/C38H46N4O2S2/c1-29(2)41(35-21-17-33(18-22-35)39-31-13-7-5-8-14-31)37(43)27-45-25-11-12-26-46-28-38(44)42(30(3)4)36-23-19-34(20-24-36)40-32-15-9-6-10-16-32/h5-10,13-24,29-30,39-40H,11-12,25-28H2,1-4H3. The largest absolute Gasteiger partial charge is 0.356 e. The molecule has 6 nitrogen and oxygen atoms in total. The minimum atomic E-state index is 0.0734. The van der Waals surface area contributed by atoms with Crippen molar-refractivity contribution in [3.8, 4) is 0 Å². The highest BCUT2D eigenvalue weighted by Gasteiger charge is 2.20. The van der Waals surface area contributed by atoms with Crippen molar-refractivity contribution >= 4 is 69.5 Å². The molecule has 0 aliphatic heterocycles. The maximum Gasteiger partial charge on any atom is 0.237 e. The number of hydrogen-bond acceptors (Lipinski definition) is 6. The van der Waals surface area contributed by atoms with E-state index in [1.54, 1.807) is 23.5 Å². The number of nitrogens with zero attached hydrogens (tertiary/aromatic N) is 2.